The van der Waals surface area contributed by atoms with Gasteiger partial charge >= 0.3 is 0 Å². The van der Waals surface area contributed by atoms with E-state index in [-0.39, 0.29) is 118 Å². The Morgan fingerprint density at radius 3 is 2.05 bits per heavy atom. The number of likely N-dealkylation sites (tertiary alicyclic amines) is 1. The molecule has 2 N–H and O–H groups in total. The van der Waals surface area contributed by atoms with Crippen LogP contribution in [0.25, 0.3) is 0 Å². The fourth-order valence-electron chi connectivity index (χ4n) is 8.62. The molecule has 1 saturated heterocycles. The zero-order valence-corrected chi connectivity index (χ0v) is 41.5. The Kier molecular flexibility index (Phi) is 25.0. The molecule has 1 fully saturated rings. The Bertz CT molecular complexity index is 1730. The third-order valence-corrected chi connectivity index (χ3v) is 13.1. The highest BCUT2D eigenvalue weighted by Crippen LogP contribution is 2.29. The van der Waals surface area contributed by atoms with E-state index in [9.17, 15) is 28.8 Å². The number of imide groups is 1. The van der Waals surface area contributed by atoms with Crippen LogP contribution in [0.4, 0.5) is 0 Å². The summed E-state index contributed by atoms with van der Waals surface area (Å²) in [6, 6.07) is 8.73. The molecular formula is C48H76N6O11S. The average molecular weight is 945 g/mol. The Morgan fingerprint density at radius 1 is 0.833 bits per heavy atom. The van der Waals surface area contributed by atoms with Crippen LogP contribution in [-0.4, -0.2) is 184 Å². The topological polar surface area (TPSA) is 186 Å². The van der Waals surface area contributed by atoms with Crippen LogP contribution in [0.5, 0.6) is 0 Å². The quantitative estimate of drug-likeness (QED) is 0.0630. The van der Waals surface area contributed by atoms with Crippen molar-refractivity contribution in [2.75, 3.05) is 94.1 Å². The van der Waals surface area contributed by atoms with E-state index in [0.717, 1.165) is 24.2 Å². The van der Waals surface area contributed by atoms with Gasteiger partial charge in [-0.1, -0.05) is 83.6 Å². The van der Waals surface area contributed by atoms with Crippen LogP contribution in [0.2, 0.25) is 0 Å². The van der Waals surface area contributed by atoms with E-state index in [1.807, 2.05) is 57.7 Å². The van der Waals surface area contributed by atoms with E-state index in [2.05, 4.69) is 22.8 Å². The molecule has 0 radical (unpaired) electrons. The lowest BCUT2D eigenvalue weighted by molar-refractivity contribution is -0.145. The molecule has 1 aromatic carbocycles. The summed E-state index contributed by atoms with van der Waals surface area (Å²) in [5, 5.41) is 6.16. The van der Waals surface area contributed by atoms with Crippen molar-refractivity contribution < 1.29 is 52.5 Å². The zero-order valence-electron chi connectivity index (χ0n) is 40.7. The van der Waals surface area contributed by atoms with Crippen LogP contribution in [-0.2, 0) is 58.9 Å². The van der Waals surface area contributed by atoms with Gasteiger partial charge in [-0.05, 0) is 36.7 Å². The minimum Gasteiger partial charge on any atom is -0.379 e. The lowest BCUT2D eigenvalue weighted by Gasteiger charge is -2.39. The number of carbonyl (C=O) groups is 6. The molecule has 7 atom stereocenters. The molecule has 0 bridgehead atoms. The maximum absolute atomic E-state index is 14.2. The summed E-state index contributed by atoms with van der Waals surface area (Å²) in [5.74, 6) is -2.32. The molecule has 17 nitrogen and oxygen atoms in total. The molecule has 370 valence electrons. The van der Waals surface area contributed by atoms with Gasteiger partial charge in [0, 0.05) is 59.5 Å². The summed E-state index contributed by atoms with van der Waals surface area (Å²) in [7, 11) is 6.45. The first-order chi connectivity index (χ1) is 31.6. The Hall–Kier alpha value is -4.33. The van der Waals surface area contributed by atoms with E-state index in [1.54, 1.807) is 33.2 Å². The van der Waals surface area contributed by atoms with E-state index in [0.29, 0.717) is 31.1 Å². The van der Waals surface area contributed by atoms with Gasteiger partial charge in [0.1, 0.15) is 6.04 Å². The van der Waals surface area contributed by atoms with Crippen LogP contribution < -0.4 is 10.6 Å². The van der Waals surface area contributed by atoms with Crippen molar-refractivity contribution in [1.29, 1.82) is 0 Å². The Labute approximate surface area is 397 Å². The number of nitrogens with zero attached hydrogens (tertiary/aromatic N) is 4. The van der Waals surface area contributed by atoms with Gasteiger partial charge in [-0.3, -0.25) is 33.7 Å². The standard InChI is InChI=1S/C48H76N6O11S/c1-10-34(4)45(38(61-8)31-42(58)53-23-14-17-37(53)46(62-9)35(5)48(66)49-22-20-36-15-12-11-13-16-36)52(7)43(59)32-50-47(60)44(33(2)3)51(6)39(55)21-25-63-27-29-65-30-28-64-26-24-54-40(56)18-19-41(54)57/h11-13,15-16,18-19,33-35,37-38,44-46H,10,14,17,20-32H2,1-9H3,(H,49,66)(H,50,60). The van der Waals surface area contributed by atoms with Gasteiger partial charge in [0.25, 0.3) is 11.8 Å². The molecule has 2 heterocycles. The maximum Gasteiger partial charge on any atom is 0.253 e. The number of amides is 6. The highest BCUT2D eigenvalue weighted by Gasteiger charge is 2.41. The number of ether oxygens (including phenoxy) is 5. The number of likely N-dealkylation sites (N-methyl/N-ethyl adjacent to an activating group) is 2. The highest BCUT2D eigenvalue weighted by molar-refractivity contribution is 7.80. The second kappa shape index (κ2) is 29.4. The van der Waals surface area contributed by atoms with Gasteiger partial charge in [0.15, 0.2) is 0 Å². The molecule has 2 aliphatic heterocycles. The van der Waals surface area contributed by atoms with Crippen LogP contribution in [0.3, 0.4) is 0 Å². The molecule has 0 saturated carbocycles. The van der Waals surface area contributed by atoms with Crippen LogP contribution in [0, 0.1) is 17.8 Å². The Balaban J connectivity index is 1.47. The molecule has 3 rings (SSSR count). The first kappa shape index (κ1) is 56.0. The normalized spacial score (nSPS) is 17.6. The predicted octanol–water partition coefficient (Wildman–Crippen LogP) is 3.03. The van der Waals surface area contributed by atoms with Crippen molar-refractivity contribution in [3.63, 3.8) is 0 Å². The number of carbonyl (C=O) groups excluding carboxylic acids is 6. The molecule has 7 unspecified atom stereocenters. The molecule has 0 aromatic heterocycles. The van der Waals surface area contributed by atoms with E-state index >= 15 is 0 Å². The van der Waals surface area contributed by atoms with Crippen LogP contribution in [0.1, 0.15) is 72.3 Å². The summed E-state index contributed by atoms with van der Waals surface area (Å²) < 4.78 is 28.5. The van der Waals surface area contributed by atoms with Crippen LogP contribution in [0.15, 0.2) is 42.5 Å². The molecular weight excluding hydrogens is 869 g/mol. The molecule has 2 aliphatic rings. The third kappa shape index (κ3) is 17.1. The van der Waals surface area contributed by atoms with Crippen molar-refractivity contribution in [2.24, 2.45) is 17.8 Å². The lowest BCUT2D eigenvalue weighted by Crippen LogP contribution is -2.55. The highest BCUT2D eigenvalue weighted by atomic mass is 32.1. The number of hydrogen-bond acceptors (Lipinski definition) is 12. The number of rotatable bonds is 31. The first-order valence-corrected chi connectivity index (χ1v) is 23.7. The van der Waals surface area contributed by atoms with Gasteiger partial charge in [0.05, 0.1) is 94.9 Å². The minimum atomic E-state index is -0.835. The first-order valence-electron chi connectivity index (χ1n) is 23.3. The summed E-state index contributed by atoms with van der Waals surface area (Å²) in [5.41, 5.74) is 1.22. The smallest absolute Gasteiger partial charge is 0.253 e. The third-order valence-electron chi connectivity index (χ3n) is 12.5. The van der Waals surface area contributed by atoms with Crippen molar-refractivity contribution >= 4 is 52.6 Å². The fourth-order valence-corrected chi connectivity index (χ4v) is 8.86. The molecule has 6 amide bonds. The summed E-state index contributed by atoms with van der Waals surface area (Å²) in [6.45, 7) is 12.3. The zero-order chi connectivity index (χ0) is 48.8. The largest absolute Gasteiger partial charge is 0.379 e. The average Bonchev–Trinajstić information content (AvgIpc) is 3.92. The van der Waals surface area contributed by atoms with Gasteiger partial charge in [-0.2, -0.15) is 0 Å². The fraction of sp³-hybridized carbons (Fsp3) is 0.688. The predicted molar refractivity (Wildman–Crippen MR) is 254 cm³/mol. The monoisotopic (exact) mass is 945 g/mol. The lowest BCUT2D eigenvalue weighted by atomic mass is 9.90. The van der Waals surface area contributed by atoms with Crippen molar-refractivity contribution in [2.45, 2.75) is 103 Å². The van der Waals surface area contributed by atoms with Gasteiger partial charge in [-0.15, -0.1) is 0 Å². The second-order valence-electron chi connectivity index (χ2n) is 17.3. The molecule has 0 aliphatic carbocycles. The molecule has 66 heavy (non-hydrogen) atoms. The van der Waals surface area contributed by atoms with E-state index < -0.39 is 24.1 Å². The van der Waals surface area contributed by atoms with E-state index in [1.165, 1.54) is 22.6 Å². The molecule has 18 heteroatoms. The summed E-state index contributed by atoms with van der Waals surface area (Å²) in [4.78, 5) is 84.5. The van der Waals surface area contributed by atoms with Crippen molar-refractivity contribution in [1.82, 2.24) is 30.2 Å². The summed E-state index contributed by atoms with van der Waals surface area (Å²) in [6.07, 6.45) is 4.78. The molecule has 0 spiro atoms. The number of hydrogen-bond donors (Lipinski definition) is 2. The number of thiocarbonyl (C=S) groups is 1. The maximum atomic E-state index is 14.2. The minimum absolute atomic E-state index is 0.0391. The SMILES string of the molecule is CCC(C)C(C(CC(=O)N1CCCC1C(OC)C(C)C(=S)NCCc1ccccc1)OC)N(C)C(=O)CNC(=O)C(C(C)C)N(C)C(=O)CCOCCOCCOCCN1C(=O)C=CC1=O. The summed E-state index contributed by atoms with van der Waals surface area (Å²) >= 11 is 5.82. The number of nitrogens with one attached hydrogen (secondary N) is 2. The second-order valence-corrected chi connectivity index (χ2v) is 17.8. The van der Waals surface area contributed by atoms with Crippen LogP contribution >= 0.6 is 12.2 Å². The van der Waals surface area contributed by atoms with Crippen molar-refractivity contribution in [3.8, 4) is 0 Å². The Morgan fingerprint density at radius 2 is 1.45 bits per heavy atom. The van der Waals surface area contributed by atoms with Gasteiger partial charge in [0.2, 0.25) is 23.6 Å². The molecule has 1 aromatic rings. The van der Waals surface area contributed by atoms with Gasteiger partial charge < -0.3 is 49.0 Å². The van der Waals surface area contributed by atoms with E-state index in [4.69, 9.17) is 35.9 Å². The number of benzene rings is 1. The van der Waals surface area contributed by atoms with Gasteiger partial charge in [-0.25, -0.2) is 0 Å². The van der Waals surface area contributed by atoms with Crippen molar-refractivity contribution in [3.05, 3.63) is 48.0 Å². The number of methoxy groups -OCH3 is 2.